The van der Waals surface area contributed by atoms with Crippen LogP contribution in [-0.4, -0.2) is 50.7 Å². The van der Waals surface area contributed by atoms with Gasteiger partial charge in [-0.1, -0.05) is 0 Å². The number of likely N-dealkylation sites (N-methyl/N-ethyl adjacent to an activating group) is 1. The average molecular weight is 335 g/mol. The van der Waals surface area contributed by atoms with Crippen LogP contribution < -0.4 is 5.32 Å². The molecular weight excluding hydrogens is 310 g/mol. The smallest absolute Gasteiger partial charge is 0.194 e. The number of thiazole rings is 1. The van der Waals surface area contributed by atoms with E-state index in [0.717, 1.165) is 42.1 Å². The van der Waals surface area contributed by atoms with Crippen molar-refractivity contribution in [2.24, 2.45) is 12.0 Å². The van der Waals surface area contributed by atoms with Crippen molar-refractivity contribution in [3.05, 3.63) is 27.7 Å². The van der Waals surface area contributed by atoms with E-state index in [2.05, 4.69) is 44.2 Å². The van der Waals surface area contributed by atoms with Gasteiger partial charge in [0, 0.05) is 44.7 Å². The molecule has 0 bridgehead atoms. The Bertz CT molecular complexity index is 659. The topological polar surface area (TPSA) is 71.2 Å². The van der Waals surface area contributed by atoms with Gasteiger partial charge in [0.2, 0.25) is 0 Å². The fraction of sp³-hybridized carbons (Fsp3) is 0.600. The van der Waals surface area contributed by atoms with Gasteiger partial charge in [0.05, 0.1) is 5.01 Å². The first-order valence-electron chi connectivity index (χ1n) is 7.77. The van der Waals surface area contributed by atoms with Gasteiger partial charge in [-0.15, -0.1) is 21.5 Å². The first-order chi connectivity index (χ1) is 11.0. The van der Waals surface area contributed by atoms with Crippen molar-refractivity contribution < 1.29 is 0 Å². The molecule has 2 aromatic heterocycles. The molecule has 23 heavy (non-hydrogen) atoms. The van der Waals surface area contributed by atoms with Crippen LogP contribution in [-0.2, 0) is 20.0 Å². The first-order valence-corrected chi connectivity index (χ1v) is 8.58. The minimum absolute atomic E-state index is 0.514. The molecule has 126 valence electrons. The summed E-state index contributed by atoms with van der Waals surface area (Å²) in [6.07, 6.45) is 2.85. The molecule has 1 N–H and O–H groups in total. The average Bonchev–Trinajstić information content (AvgIpc) is 3.08. The van der Waals surface area contributed by atoms with Crippen molar-refractivity contribution in [1.29, 1.82) is 0 Å². The normalized spacial score (nSPS) is 11.8. The molecule has 7 nitrogen and oxygen atoms in total. The standard InChI is InChI=1S/C15H25N7S/c1-6-16-15(18-10-13-20-19-12(3)22(13)5)21(4)8-7-14-17-9-11(2)23-14/h9H,6-8,10H2,1-5H3,(H,16,18). The van der Waals surface area contributed by atoms with Gasteiger partial charge in [-0.3, -0.25) is 0 Å². The molecule has 2 rings (SSSR count). The molecule has 8 heteroatoms. The number of nitrogens with zero attached hydrogens (tertiary/aromatic N) is 6. The highest BCUT2D eigenvalue weighted by atomic mass is 32.1. The maximum Gasteiger partial charge on any atom is 0.194 e. The van der Waals surface area contributed by atoms with Crippen LogP contribution in [0.4, 0.5) is 0 Å². The van der Waals surface area contributed by atoms with Crippen LogP contribution in [0, 0.1) is 13.8 Å². The highest BCUT2D eigenvalue weighted by molar-refractivity contribution is 7.11. The summed E-state index contributed by atoms with van der Waals surface area (Å²) in [5.41, 5.74) is 0. The maximum absolute atomic E-state index is 4.67. The monoisotopic (exact) mass is 335 g/mol. The molecule has 0 aliphatic carbocycles. The van der Waals surface area contributed by atoms with E-state index >= 15 is 0 Å². The number of hydrogen-bond acceptors (Lipinski definition) is 5. The van der Waals surface area contributed by atoms with E-state index in [9.17, 15) is 0 Å². The second-order valence-corrected chi connectivity index (χ2v) is 6.75. The van der Waals surface area contributed by atoms with Crippen LogP contribution in [0.1, 0.15) is 28.5 Å². The molecule has 0 unspecified atom stereocenters. The van der Waals surface area contributed by atoms with Crippen molar-refractivity contribution in [3.63, 3.8) is 0 Å². The molecule has 2 aromatic rings. The minimum Gasteiger partial charge on any atom is -0.357 e. The van der Waals surface area contributed by atoms with Crippen molar-refractivity contribution in [2.75, 3.05) is 20.1 Å². The third kappa shape index (κ3) is 4.75. The quantitative estimate of drug-likeness (QED) is 0.640. The van der Waals surface area contributed by atoms with Gasteiger partial charge in [0.15, 0.2) is 11.8 Å². The van der Waals surface area contributed by atoms with Gasteiger partial charge in [0.1, 0.15) is 12.4 Å². The lowest BCUT2D eigenvalue weighted by Crippen LogP contribution is -2.40. The second kappa shape index (κ2) is 8.05. The Labute approximate surface area is 141 Å². The fourth-order valence-corrected chi connectivity index (χ4v) is 2.87. The van der Waals surface area contributed by atoms with Gasteiger partial charge in [-0.05, 0) is 20.8 Å². The lowest BCUT2D eigenvalue weighted by atomic mass is 10.4. The highest BCUT2D eigenvalue weighted by Crippen LogP contribution is 2.11. The van der Waals surface area contributed by atoms with Crippen LogP contribution in [0.15, 0.2) is 11.2 Å². The summed E-state index contributed by atoms with van der Waals surface area (Å²) in [5.74, 6) is 2.64. The molecule has 0 aliphatic rings. The molecule has 0 amide bonds. The van der Waals surface area contributed by atoms with Gasteiger partial charge in [-0.2, -0.15) is 0 Å². The largest absolute Gasteiger partial charge is 0.357 e. The van der Waals surface area contributed by atoms with Crippen LogP contribution in [0.5, 0.6) is 0 Å². The van der Waals surface area contributed by atoms with Gasteiger partial charge < -0.3 is 14.8 Å². The molecule has 0 spiro atoms. The van der Waals surface area contributed by atoms with Crippen molar-refractivity contribution in [2.45, 2.75) is 33.7 Å². The molecule has 0 radical (unpaired) electrons. The Morgan fingerprint density at radius 3 is 2.74 bits per heavy atom. The molecule has 0 aliphatic heterocycles. The van der Waals surface area contributed by atoms with Gasteiger partial charge in [0.25, 0.3) is 0 Å². The molecule has 0 saturated carbocycles. The predicted molar refractivity (Wildman–Crippen MR) is 93.7 cm³/mol. The molecular formula is C15H25N7S. The Balaban J connectivity index is 1.98. The summed E-state index contributed by atoms with van der Waals surface area (Å²) in [6.45, 7) is 8.31. The summed E-state index contributed by atoms with van der Waals surface area (Å²) in [4.78, 5) is 12.5. The van der Waals surface area contributed by atoms with Crippen LogP contribution in [0.25, 0.3) is 0 Å². The fourth-order valence-electron chi connectivity index (χ4n) is 2.09. The van der Waals surface area contributed by atoms with Crippen molar-refractivity contribution >= 4 is 17.3 Å². The summed E-state index contributed by atoms with van der Waals surface area (Å²) in [7, 11) is 4.01. The number of nitrogens with one attached hydrogen (secondary N) is 1. The van der Waals surface area contributed by atoms with Crippen LogP contribution in [0.3, 0.4) is 0 Å². The van der Waals surface area contributed by atoms with E-state index in [1.165, 1.54) is 4.88 Å². The number of hydrogen-bond donors (Lipinski definition) is 1. The predicted octanol–water partition coefficient (Wildman–Crippen LogP) is 1.53. The van der Waals surface area contributed by atoms with Gasteiger partial charge >= 0.3 is 0 Å². The summed E-state index contributed by atoms with van der Waals surface area (Å²) >= 11 is 1.75. The molecule has 0 saturated heterocycles. The molecule has 0 fully saturated rings. The number of guanidine groups is 1. The number of aromatic nitrogens is 4. The molecule has 2 heterocycles. The number of rotatable bonds is 6. The zero-order valence-corrected chi connectivity index (χ0v) is 15.3. The Hall–Kier alpha value is -1.96. The first kappa shape index (κ1) is 17.4. The lowest BCUT2D eigenvalue weighted by Gasteiger charge is -2.21. The third-order valence-electron chi connectivity index (χ3n) is 3.58. The van der Waals surface area contributed by atoms with E-state index in [1.54, 1.807) is 11.3 Å². The van der Waals surface area contributed by atoms with E-state index in [-0.39, 0.29) is 0 Å². The third-order valence-corrected chi connectivity index (χ3v) is 4.55. The maximum atomic E-state index is 4.67. The summed E-state index contributed by atoms with van der Waals surface area (Å²) in [6, 6.07) is 0. The van der Waals surface area contributed by atoms with E-state index in [1.807, 2.05) is 31.8 Å². The number of aryl methyl sites for hydroxylation is 2. The van der Waals surface area contributed by atoms with Crippen molar-refractivity contribution in [1.82, 2.24) is 30.0 Å². The van der Waals surface area contributed by atoms with Gasteiger partial charge in [-0.25, -0.2) is 9.98 Å². The second-order valence-electron chi connectivity index (χ2n) is 5.43. The zero-order chi connectivity index (χ0) is 16.8. The van der Waals surface area contributed by atoms with E-state index in [0.29, 0.717) is 6.54 Å². The van der Waals surface area contributed by atoms with E-state index < -0.39 is 0 Å². The summed E-state index contributed by atoms with van der Waals surface area (Å²) < 4.78 is 1.96. The lowest BCUT2D eigenvalue weighted by molar-refractivity contribution is 0.484. The molecule has 0 atom stereocenters. The summed E-state index contributed by atoms with van der Waals surface area (Å²) in [5, 5.41) is 12.7. The number of aliphatic imine (C=N–C) groups is 1. The molecule has 0 aromatic carbocycles. The van der Waals surface area contributed by atoms with Crippen molar-refractivity contribution in [3.8, 4) is 0 Å². The van der Waals surface area contributed by atoms with Crippen LogP contribution in [0.2, 0.25) is 0 Å². The zero-order valence-electron chi connectivity index (χ0n) is 14.5. The highest BCUT2D eigenvalue weighted by Gasteiger charge is 2.09. The Morgan fingerprint density at radius 2 is 2.17 bits per heavy atom. The minimum atomic E-state index is 0.514. The SMILES string of the molecule is CCNC(=NCc1nnc(C)n1C)N(C)CCc1ncc(C)s1. The Kier molecular flexibility index (Phi) is 6.09. The van der Waals surface area contributed by atoms with Crippen LogP contribution >= 0.6 is 11.3 Å². The van der Waals surface area contributed by atoms with E-state index in [4.69, 9.17) is 0 Å². The Morgan fingerprint density at radius 1 is 1.39 bits per heavy atom.